The van der Waals surface area contributed by atoms with Crippen molar-refractivity contribution in [2.45, 2.75) is 58.9 Å². The molecule has 1 N–H and O–H groups in total. The molecular formula is C18H28FNO. The van der Waals surface area contributed by atoms with Gasteiger partial charge in [-0.2, -0.15) is 0 Å². The first kappa shape index (κ1) is 16.3. The quantitative estimate of drug-likeness (QED) is 0.746. The first-order chi connectivity index (χ1) is 10.1. The molecule has 1 atom stereocenters. The molecule has 1 aliphatic rings. The number of rotatable bonds is 8. The summed E-state index contributed by atoms with van der Waals surface area (Å²) in [5, 5.41) is 3.41. The van der Waals surface area contributed by atoms with Gasteiger partial charge in [0, 0.05) is 11.6 Å². The molecule has 0 amide bonds. The second-order valence-corrected chi connectivity index (χ2v) is 6.25. The molecule has 1 saturated carbocycles. The Labute approximate surface area is 128 Å². The Morgan fingerprint density at radius 2 is 2.14 bits per heavy atom. The van der Waals surface area contributed by atoms with Crippen molar-refractivity contribution >= 4 is 0 Å². The van der Waals surface area contributed by atoms with Gasteiger partial charge in [-0.15, -0.1) is 0 Å². The first-order valence-corrected chi connectivity index (χ1v) is 8.28. The van der Waals surface area contributed by atoms with Gasteiger partial charge in [-0.05, 0) is 56.8 Å². The molecule has 0 aliphatic heterocycles. The minimum Gasteiger partial charge on any atom is -0.493 e. The second-order valence-electron chi connectivity index (χ2n) is 6.25. The average Bonchev–Trinajstić information content (AvgIpc) is 2.42. The van der Waals surface area contributed by atoms with Crippen LogP contribution in [0.2, 0.25) is 0 Å². The zero-order chi connectivity index (χ0) is 15.2. The molecule has 1 fully saturated rings. The third-order valence-electron chi connectivity index (χ3n) is 4.47. The van der Waals surface area contributed by atoms with Crippen LogP contribution in [0.5, 0.6) is 5.75 Å². The van der Waals surface area contributed by atoms with Crippen LogP contribution in [0.25, 0.3) is 0 Å². The molecule has 0 saturated heterocycles. The van der Waals surface area contributed by atoms with Gasteiger partial charge in [0.15, 0.2) is 0 Å². The molecule has 2 rings (SSSR count). The third kappa shape index (κ3) is 4.44. The lowest BCUT2D eigenvalue weighted by atomic mass is 9.83. The lowest BCUT2D eigenvalue weighted by molar-refractivity contribution is 0.220. The highest BCUT2D eigenvalue weighted by molar-refractivity contribution is 5.40. The monoisotopic (exact) mass is 293 g/mol. The van der Waals surface area contributed by atoms with Gasteiger partial charge in [0.1, 0.15) is 11.6 Å². The van der Waals surface area contributed by atoms with E-state index in [4.69, 9.17) is 4.74 Å². The minimum atomic E-state index is -0.151. The molecule has 1 aliphatic carbocycles. The van der Waals surface area contributed by atoms with E-state index in [1.165, 1.54) is 19.3 Å². The van der Waals surface area contributed by atoms with Crippen molar-refractivity contribution in [1.82, 2.24) is 5.32 Å². The van der Waals surface area contributed by atoms with Crippen molar-refractivity contribution in [2.75, 3.05) is 13.2 Å². The first-order valence-electron chi connectivity index (χ1n) is 8.28. The zero-order valence-corrected chi connectivity index (χ0v) is 13.5. The Balaban J connectivity index is 2.03. The van der Waals surface area contributed by atoms with Crippen LogP contribution in [-0.4, -0.2) is 13.2 Å². The molecule has 2 nitrogen and oxygen atoms in total. The molecule has 1 aromatic rings. The standard InChI is InChI=1S/C18H28FNO/c1-4-9-20-14(3)16-12-17(19)13(2)11-18(16)21-10-8-15-6-5-7-15/h11-12,14-15,20H,4-10H2,1-3H3. The van der Waals surface area contributed by atoms with Crippen LogP contribution < -0.4 is 10.1 Å². The molecule has 0 heterocycles. The largest absolute Gasteiger partial charge is 0.493 e. The highest BCUT2D eigenvalue weighted by atomic mass is 19.1. The molecular weight excluding hydrogens is 265 g/mol. The van der Waals surface area contributed by atoms with Gasteiger partial charge in [-0.3, -0.25) is 0 Å². The summed E-state index contributed by atoms with van der Waals surface area (Å²) < 4.78 is 19.8. The molecule has 21 heavy (non-hydrogen) atoms. The summed E-state index contributed by atoms with van der Waals surface area (Å²) in [6.07, 6.45) is 6.23. The van der Waals surface area contributed by atoms with E-state index in [9.17, 15) is 4.39 Å². The highest BCUT2D eigenvalue weighted by Crippen LogP contribution is 2.31. The third-order valence-corrected chi connectivity index (χ3v) is 4.47. The van der Waals surface area contributed by atoms with Gasteiger partial charge < -0.3 is 10.1 Å². The van der Waals surface area contributed by atoms with E-state index in [0.29, 0.717) is 5.56 Å². The van der Waals surface area contributed by atoms with E-state index in [2.05, 4.69) is 19.2 Å². The minimum absolute atomic E-state index is 0.110. The maximum Gasteiger partial charge on any atom is 0.126 e. The Kier molecular flexibility index (Phi) is 6.04. The van der Waals surface area contributed by atoms with Gasteiger partial charge in [0.2, 0.25) is 0 Å². The Morgan fingerprint density at radius 1 is 1.38 bits per heavy atom. The summed E-state index contributed by atoms with van der Waals surface area (Å²) >= 11 is 0. The fourth-order valence-corrected chi connectivity index (χ4v) is 2.72. The summed E-state index contributed by atoms with van der Waals surface area (Å²) in [5.41, 5.74) is 1.58. The molecule has 0 aromatic heterocycles. The van der Waals surface area contributed by atoms with Crippen molar-refractivity contribution in [3.63, 3.8) is 0 Å². The molecule has 1 aromatic carbocycles. The van der Waals surface area contributed by atoms with Crippen LogP contribution in [0, 0.1) is 18.7 Å². The Morgan fingerprint density at radius 3 is 2.76 bits per heavy atom. The maximum atomic E-state index is 13.9. The summed E-state index contributed by atoms with van der Waals surface area (Å²) in [4.78, 5) is 0. The number of hydrogen-bond donors (Lipinski definition) is 1. The van der Waals surface area contributed by atoms with Gasteiger partial charge >= 0.3 is 0 Å². The number of ether oxygens (including phenoxy) is 1. The van der Waals surface area contributed by atoms with E-state index in [0.717, 1.165) is 43.2 Å². The van der Waals surface area contributed by atoms with Crippen molar-refractivity contribution < 1.29 is 9.13 Å². The zero-order valence-electron chi connectivity index (χ0n) is 13.5. The molecule has 3 heteroatoms. The number of nitrogens with one attached hydrogen (secondary N) is 1. The van der Waals surface area contributed by atoms with Crippen molar-refractivity contribution in [2.24, 2.45) is 5.92 Å². The van der Waals surface area contributed by atoms with Gasteiger partial charge in [0.05, 0.1) is 6.61 Å². The van der Waals surface area contributed by atoms with Crippen LogP contribution >= 0.6 is 0 Å². The topological polar surface area (TPSA) is 21.3 Å². The normalized spacial score (nSPS) is 16.6. The molecule has 1 unspecified atom stereocenters. The van der Waals surface area contributed by atoms with Gasteiger partial charge in [-0.25, -0.2) is 4.39 Å². The number of hydrogen-bond acceptors (Lipinski definition) is 2. The van der Waals surface area contributed by atoms with Crippen LogP contribution in [-0.2, 0) is 0 Å². The van der Waals surface area contributed by atoms with Crippen LogP contribution in [0.15, 0.2) is 12.1 Å². The summed E-state index contributed by atoms with van der Waals surface area (Å²) in [6, 6.07) is 3.58. The number of benzene rings is 1. The van der Waals surface area contributed by atoms with Gasteiger partial charge in [0.25, 0.3) is 0 Å². The van der Waals surface area contributed by atoms with E-state index in [1.807, 2.05) is 6.07 Å². The Bertz CT molecular complexity index is 457. The van der Waals surface area contributed by atoms with E-state index in [1.54, 1.807) is 13.0 Å². The number of aryl methyl sites for hydroxylation is 1. The maximum absolute atomic E-state index is 13.9. The smallest absolute Gasteiger partial charge is 0.126 e. The van der Waals surface area contributed by atoms with Crippen LogP contribution in [0.4, 0.5) is 4.39 Å². The number of halogens is 1. The SMILES string of the molecule is CCCNC(C)c1cc(F)c(C)cc1OCCC1CCC1. The second kappa shape index (κ2) is 7.79. The molecule has 118 valence electrons. The van der Waals surface area contributed by atoms with Crippen molar-refractivity contribution in [3.05, 3.63) is 29.1 Å². The van der Waals surface area contributed by atoms with E-state index in [-0.39, 0.29) is 11.9 Å². The highest BCUT2D eigenvalue weighted by Gasteiger charge is 2.18. The average molecular weight is 293 g/mol. The van der Waals surface area contributed by atoms with E-state index >= 15 is 0 Å². The fourth-order valence-electron chi connectivity index (χ4n) is 2.72. The Hall–Kier alpha value is -1.09. The molecule has 0 spiro atoms. The van der Waals surface area contributed by atoms with Crippen LogP contribution in [0.3, 0.4) is 0 Å². The fraction of sp³-hybridized carbons (Fsp3) is 0.667. The van der Waals surface area contributed by atoms with Crippen molar-refractivity contribution in [1.29, 1.82) is 0 Å². The summed E-state index contributed by atoms with van der Waals surface area (Å²) in [6.45, 7) is 7.66. The summed E-state index contributed by atoms with van der Waals surface area (Å²) in [7, 11) is 0. The van der Waals surface area contributed by atoms with Crippen LogP contribution in [0.1, 0.15) is 63.1 Å². The summed E-state index contributed by atoms with van der Waals surface area (Å²) in [5.74, 6) is 1.52. The van der Waals surface area contributed by atoms with Crippen molar-refractivity contribution in [3.8, 4) is 5.75 Å². The predicted molar refractivity (Wildman–Crippen MR) is 85.3 cm³/mol. The lowest BCUT2D eigenvalue weighted by Crippen LogP contribution is -2.21. The van der Waals surface area contributed by atoms with Gasteiger partial charge in [-0.1, -0.05) is 26.2 Å². The molecule has 0 radical (unpaired) electrons. The lowest BCUT2D eigenvalue weighted by Gasteiger charge is -2.25. The molecule has 0 bridgehead atoms. The van der Waals surface area contributed by atoms with E-state index < -0.39 is 0 Å². The predicted octanol–water partition coefficient (Wildman–Crippen LogP) is 4.76.